The Bertz CT molecular complexity index is 845. The maximum atomic E-state index is 12.0. The van der Waals surface area contributed by atoms with Gasteiger partial charge in [0, 0.05) is 12.1 Å². The molecule has 1 aromatic carbocycles. The van der Waals surface area contributed by atoms with Crippen molar-refractivity contribution in [1.29, 1.82) is 0 Å². The van der Waals surface area contributed by atoms with E-state index in [1.54, 1.807) is 32.9 Å². The number of nitro groups is 1. The summed E-state index contributed by atoms with van der Waals surface area (Å²) < 4.78 is 5.02. The molecule has 2 aromatic rings. The molecule has 0 atom stereocenters. The number of non-ortho nitro benzene ring substituents is 1. The molecule has 8 nitrogen and oxygen atoms in total. The zero-order valence-corrected chi connectivity index (χ0v) is 14.8. The highest BCUT2D eigenvalue weighted by atomic mass is 32.1. The smallest absolute Gasteiger partial charge is 0.341 e. The number of thiophene rings is 1. The molecule has 132 valence electrons. The maximum absolute atomic E-state index is 12.0. The third-order valence-electron chi connectivity index (χ3n) is 3.39. The molecule has 0 spiro atoms. The summed E-state index contributed by atoms with van der Waals surface area (Å²) in [6.45, 7) is 5.54. The second kappa shape index (κ2) is 7.75. The molecule has 0 unspecified atom stereocenters. The van der Waals surface area contributed by atoms with Crippen molar-refractivity contribution < 1.29 is 14.5 Å². The van der Waals surface area contributed by atoms with Crippen LogP contribution in [0.5, 0.6) is 0 Å². The van der Waals surface area contributed by atoms with Gasteiger partial charge >= 0.3 is 5.97 Å². The molecule has 0 bridgehead atoms. The summed E-state index contributed by atoms with van der Waals surface area (Å²) >= 11 is 1.24. The van der Waals surface area contributed by atoms with Crippen LogP contribution in [-0.4, -0.2) is 23.2 Å². The molecule has 0 fully saturated rings. The predicted octanol–water partition coefficient (Wildman–Crippen LogP) is 3.56. The van der Waals surface area contributed by atoms with E-state index in [4.69, 9.17) is 10.5 Å². The van der Waals surface area contributed by atoms with Crippen LogP contribution in [0.2, 0.25) is 0 Å². The molecule has 0 aliphatic rings. The highest BCUT2D eigenvalue weighted by Gasteiger charge is 2.21. The molecule has 0 amide bonds. The third kappa shape index (κ3) is 4.13. The number of nitrogen functional groups attached to an aromatic ring is 1. The predicted molar refractivity (Wildman–Crippen MR) is 98.4 cm³/mol. The summed E-state index contributed by atoms with van der Waals surface area (Å²) in [7, 11) is 0. The number of nitrogens with zero attached hydrogens (tertiary/aromatic N) is 2. The molecule has 0 radical (unpaired) electrons. The van der Waals surface area contributed by atoms with Crippen molar-refractivity contribution >= 4 is 39.4 Å². The van der Waals surface area contributed by atoms with Crippen LogP contribution in [0.4, 0.5) is 16.4 Å². The number of esters is 1. The molecule has 9 heteroatoms. The number of carbonyl (C=O) groups is 1. The van der Waals surface area contributed by atoms with Gasteiger partial charge in [-0.3, -0.25) is 15.5 Å². The largest absolute Gasteiger partial charge is 0.462 e. The number of carbonyl (C=O) groups excluding carboxylic acids is 1. The van der Waals surface area contributed by atoms with Crippen molar-refractivity contribution in [3.05, 3.63) is 50.4 Å². The van der Waals surface area contributed by atoms with E-state index in [-0.39, 0.29) is 12.3 Å². The van der Waals surface area contributed by atoms with Gasteiger partial charge in [-0.2, -0.15) is 5.10 Å². The first-order chi connectivity index (χ1) is 11.8. The molecule has 2 rings (SSSR count). The molecule has 0 aliphatic carbocycles. The monoisotopic (exact) mass is 362 g/mol. The minimum Gasteiger partial charge on any atom is -0.462 e. The van der Waals surface area contributed by atoms with Crippen LogP contribution >= 0.6 is 11.3 Å². The van der Waals surface area contributed by atoms with Gasteiger partial charge in [0.1, 0.15) is 5.00 Å². The van der Waals surface area contributed by atoms with Gasteiger partial charge < -0.3 is 10.5 Å². The summed E-state index contributed by atoms with van der Waals surface area (Å²) in [4.78, 5) is 23.1. The maximum Gasteiger partial charge on any atom is 0.341 e. The molecule has 1 heterocycles. The Morgan fingerprint density at radius 2 is 2.20 bits per heavy atom. The van der Waals surface area contributed by atoms with E-state index in [2.05, 4.69) is 10.5 Å². The highest BCUT2D eigenvalue weighted by molar-refractivity contribution is 7.18. The first-order valence-electron chi connectivity index (χ1n) is 7.46. The lowest BCUT2D eigenvalue weighted by Crippen LogP contribution is -2.08. The Morgan fingerprint density at radius 3 is 2.84 bits per heavy atom. The first-order valence-corrected chi connectivity index (χ1v) is 8.27. The van der Waals surface area contributed by atoms with Crippen molar-refractivity contribution in [3.63, 3.8) is 0 Å². The molecule has 0 aliphatic heterocycles. The summed E-state index contributed by atoms with van der Waals surface area (Å²) in [5, 5.41) is 15.4. The van der Waals surface area contributed by atoms with E-state index in [1.165, 1.54) is 23.5 Å². The first kappa shape index (κ1) is 18.4. The lowest BCUT2D eigenvalue weighted by molar-refractivity contribution is -0.384. The zero-order chi connectivity index (χ0) is 18.6. The normalized spacial score (nSPS) is 11.2. The number of benzene rings is 1. The van der Waals surface area contributed by atoms with Gasteiger partial charge in [0.05, 0.1) is 33.4 Å². The fraction of sp³-hybridized carbons (Fsp3) is 0.250. The van der Waals surface area contributed by atoms with Crippen LogP contribution in [0.1, 0.15) is 34.6 Å². The van der Waals surface area contributed by atoms with Gasteiger partial charge in [0.25, 0.3) is 5.69 Å². The SMILES string of the molecule is CCOC(=O)c1c(N)sc(C(C)=NNc2cccc([N+](=O)[O-])c2)c1C. The minimum absolute atomic E-state index is 0.0287. The van der Waals surface area contributed by atoms with E-state index in [0.717, 1.165) is 4.88 Å². The number of nitrogens with one attached hydrogen (secondary N) is 1. The van der Waals surface area contributed by atoms with E-state index < -0.39 is 10.9 Å². The number of rotatable bonds is 6. The van der Waals surface area contributed by atoms with Gasteiger partial charge in [-0.1, -0.05) is 6.07 Å². The Hall–Kier alpha value is -2.94. The van der Waals surface area contributed by atoms with Crippen molar-refractivity contribution in [3.8, 4) is 0 Å². The van der Waals surface area contributed by atoms with Gasteiger partial charge in [0.15, 0.2) is 0 Å². The minimum atomic E-state index is -0.475. The number of ether oxygens (including phenoxy) is 1. The van der Waals surface area contributed by atoms with Crippen LogP contribution in [0.25, 0.3) is 0 Å². The van der Waals surface area contributed by atoms with Gasteiger partial charge in [-0.05, 0) is 32.4 Å². The molecule has 25 heavy (non-hydrogen) atoms. The molecule has 0 saturated heterocycles. The number of hydrogen-bond acceptors (Lipinski definition) is 8. The highest BCUT2D eigenvalue weighted by Crippen LogP contribution is 2.31. The Morgan fingerprint density at radius 1 is 1.48 bits per heavy atom. The topological polar surface area (TPSA) is 120 Å². The number of hydrazone groups is 1. The van der Waals surface area contributed by atoms with Crippen LogP contribution in [0.15, 0.2) is 29.4 Å². The van der Waals surface area contributed by atoms with Gasteiger partial charge in [-0.15, -0.1) is 11.3 Å². The number of anilines is 2. The fourth-order valence-corrected chi connectivity index (χ4v) is 3.23. The van der Waals surface area contributed by atoms with E-state index in [1.807, 2.05) is 0 Å². The molecule has 0 saturated carbocycles. The lowest BCUT2D eigenvalue weighted by Gasteiger charge is -2.04. The number of nitro benzene ring substituents is 1. The van der Waals surface area contributed by atoms with Crippen LogP contribution in [0, 0.1) is 17.0 Å². The van der Waals surface area contributed by atoms with Gasteiger partial charge in [0.2, 0.25) is 0 Å². The Labute approximate surface area is 148 Å². The third-order valence-corrected chi connectivity index (χ3v) is 4.62. The molecule has 3 N–H and O–H groups in total. The second-order valence-corrected chi connectivity index (χ2v) is 6.18. The zero-order valence-electron chi connectivity index (χ0n) is 14.0. The Balaban J connectivity index is 2.26. The standard InChI is InChI=1S/C16H18N4O4S/c1-4-24-16(21)13-9(2)14(25-15(13)17)10(3)18-19-11-6-5-7-12(8-11)20(22)23/h5-8,19H,4,17H2,1-3H3. The quantitative estimate of drug-likeness (QED) is 0.351. The van der Waals surface area contributed by atoms with Crippen molar-refractivity contribution in [2.45, 2.75) is 20.8 Å². The van der Waals surface area contributed by atoms with Crippen LogP contribution in [0.3, 0.4) is 0 Å². The fourth-order valence-electron chi connectivity index (χ4n) is 2.23. The van der Waals surface area contributed by atoms with E-state index in [9.17, 15) is 14.9 Å². The second-order valence-electron chi connectivity index (χ2n) is 5.13. The number of hydrogen-bond donors (Lipinski definition) is 2. The molecular weight excluding hydrogens is 344 g/mol. The van der Waals surface area contributed by atoms with Crippen LogP contribution < -0.4 is 11.2 Å². The average molecular weight is 362 g/mol. The van der Waals surface area contributed by atoms with Crippen molar-refractivity contribution in [1.82, 2.24) is 0 Å². The van der Waals surface area contributed by atoms with E-state index in [0.29, 0.717) is 27.5 Å². The number of nitrogens with two attached hydrogens (primary N) is 1. The van der Waals surface area contributed by atoms with E-state index >= 15 is 0 Å². The van der Waals surface area contributed by atoms with Crippen molar-refractivity contribution in [2.24, 2.45) is 5.10 Å². The summed E-state index contributed by atoms with van der Waals surface area (Å²) in [5.74, 6) is -0.459. The summed E-state index contributed by atoms with van der Waals surface area (Å²) in [6, 6.07) is 6.02. The Kier molecular flexibility index (Phi) is 5.71. The lowest BCUT2D eigenvalue weighted by atomic mass is 10.1. The van der Waals surface area contributed by atoms with Crippen molar-refractivity contribution in [2.75, 3.05) is 17.8 Å². The molecule has 1 aromatic heterocycles. The average Bonchev–Trinajstić information content (AvgIpc) is 2.87. The van der Waals surface area contributed by atoms with Gasteiger partial charge in [-0.25, -0.2) is 4.79 Å². The summed E-state index contributed by atoms with van der Waals surface area (Å²) in [6.07, 6.45) is 0. The van der Waals surface area contributed by atoms with Crippen LogP contribution in [-0.2, 0) is 4.74 Å². The summed E-state index contributed by atoms with van der Waals surface area (Å²) in [5.41, 5.74) is 10.8. The molecular formula is C16H18N4O4S.